The second-order valence-corrected chi connectivity index (χ2v) is 32.1. The molecule has 0 bridgehead atoms. The summed E-state index contributed by atoms with van der Waals surface area (Å²) in [5.74, 6) is -9.52. The van der Waals surface area contributed by atoms with Crippen molar-refractivity contribution < 1.29 is 77.1 Å². The first-order valence-electron chi connectivity index (χ1n) is 35.0. The minimum Gasteiger partial charge on any atom is -0.634 e. The number of benzene rings is 1. The van der Waals surface area contributed by atoms with Gasteiger partial charge in [0.15, 0.2) is 0 Å². The molecule has 101 heavy (non-hydrogen) atoms. The van der Waals surface area contributed by atoms with Gasteiger partial charge in [-0.05, 0) is 141 Å². The van der Waals surface area contributed by atoms with Gasteiger partial charge in [-0.2, -0.15) is 0 Å². The number of fused-ring (bicyclic) bond motifs is 3. The van der Waals surface area contributed by atoms with Crippen molar-refractivity contribution in [3.63, 3.8) is 0 Å². The number of rotatable bonds is 32. The van der Waals surface area contributed by atoms with Gasteiger partial charge in [0.05, 0.1) is 55.4 Å². The summed E-state index contributed by atoms with van der Waals surface area (Å²) in [7, 11) is 1.21. The maximum atomic E-state index is 14.6. The smallest absolute Gasteiger partial charge is 0.408 e. The minimum atomic E-state index is -1.82. The summed E-state index contributed by atoms with van der Waals surface area (Å²) in [5.41, 5.74) is -5.69. The van der Waals surface area contributed by atoms with Gasteiger partial charge in [0, 0.05) is 31.6 Å². The van der Waals surface area contributed by atoms with Crippen molar-refractivity contribution in [2.45, 2.75) is 239 Å². The molecular weight excluding hydrogens is 1300 g/mol. The molecule has 2 heterocycles. The fourth-order valence-corrected chi connectivity index (χ4v) is 14.6. The molecular formula is C72H113N13O16. The number of quaternary nitrogens is 2. The van der Waals surface area contributed by atoms with Crippen LogP contribution in [0.15, 0.2) is 48.1 Å². The van der Waals surface area contributed by atoms with E-state index in [2.05, 4.69) is 64.6 Å². The molecule has 562 valence electrons. The number of allylic oxidation sites excluding steroid dienone is 3. The lowest BCUT2D eigenvalue weighted by Gasteiger charge is -2.58. The van der Waals surface area contributed by atoms with Crippen LogP contribution < -0.4 is 68.6 Å². The van der Waals surface area contributed by atoms with E-state index in [9.17, 15) is 67.9 Å². The summed E-state index contributed by atoms with van der Waals surface area (Å²) >= 11 is 0. The van der Waals surface area contributed by atoms with Crippen LogP contribution in [0.1, 0.15) is 187 Å². The second-order valence-electron chi connectivity index (χ2n) is 32.1. The Hall–Kier alpha value is -8.28. The van der Waals surface area contributed by atoms with E-state index in [1.165, 1.54) is 21.0 Å². The molecule has 1 unspecified atom stereocenters. The third-order valence-corrected chi connectivity index (χ3v) is 19.0. The quantitative estimate of drug-likeness (QED) is 0.0355. The lowest BCUT2D eigenvalue weighted by atomic mass is 9.69. The lowest BCUT2D eigenvalue weighted by Crippen LogP contribution is -3.24. The number of nitrogens with one attached hydrogen (secondary N) is 13. The Morgan fingerprint density at radius 3 is 1.52 bits per heavy atom. The molecule has 1 aromatic carbocycles. The molecule has 2 saturated heterocycles. The van der Waals surface area contributed by atoms with Crippen LogP contribution in [0.4, 0.5) is 4.79 Å². The van der Waals surface area contributed by atoms with E-state index < -0.39 is 166 Å². The van der Waals surface area contributed by atoms with Crippen LogP contribution in [0.2, 0.25) is 0 Å². The van der Waals surface area contributed by atoms with Gasteiger partial charge in [0.2, 0.25) is 59.1 Å². The van der Waals surface area contributed by atoms with Crippen molar-refractivity contribution in [2.75, 3.05) is 39.9 Å². The zero-order chi connectivity index (χ0) is 76.1. The maximum Gasteiger partial charge on any atom is 0.408 e. The molecule has 29 heteroatoms. The van der Waals surface area contributed by atoms with Crippen molar-refractivity contribution in [1.29, 1.82) is 0 Å². The third kappa shape index (κ3) is 22.1. The number of methoxy groups -OCH3 is 1. The summed E-state index contributed by atoms with van der Waals surface area (Å²) in [5, 5.41) is 56.1. The normalized spacial score (nSPS) is 22.8. The highest BCUT2D eigenvalue weighted by molar-refractivity contribution is 6.00. The number of hydrogen-bond donors (Lipinski definition) is 13. The number of alkyl carbamates (subject to hydrolysis) is 1. The molecule has 0 saturated carbocycles. The highest BCUT2D eigenvalue weighted by Crippen LogP contribution is 2.42. The average molecular weight is 1420 g/mol. The van der Waals surface area contributed by atoms with E-state index in [4.69, 9.17) is 9.47 Å². The van der Waals surface area contributed by atoms with Crippen molar-refractivity contribution in [3.8, 4) is 0 Å². The van der Waals surface area contributed by atoms with Gasteiger partial charge in [-0.25, -0.2) is 9.59 Å². The van der Waals surface area contributed by atoms with Crippen molar-refractivity contribution in [1.82, 2.24) is 58.5 Å². The Balaban J connectivity index is 1.18. The summed E-state index contributed by atoms with van der Waals surface area (Å²) in [4.78, 5) is 166. The zero-order valence-electron chi connectivity index (χ0n) is 62.5. The van der Waals surface area contributed by atoms with E-state index in [1.807, 2.05) is 63.3 Å². The van der Waals surface area contributed by atoms with Gasteiger partial charge in [0.1, 0.15) is 47.4 Å². The van der Waals surface area contributed by atoms with Crippen molar-refractivity contribution in [3.05, 3.63) is 69.6 Å². The van der Waals surface area contributed by atoms with Gasteiger partial charge < -0.3 is 88.5 Å². The molecule has 29 nitrogen and oxygen atoms in total. The fourth-order valence-electron chi connectivity index (χ4n) is 14.6. The van der Waals surface area contributed by atoms with Gasteiger partial charge in [-0.1, -0.05) is 104 Å². The molecule has 4 aliphatic rings. The molecule has 0 radical (unpaired) electrons. The number of hydrogen-bond acceptors (Lipinski definition) is 16. The predicted molar refractivity (Wildman–Crippen MR) is 378 cm³/mol. The first-order valence-corrected chi connectivity index (χ1v) is 35.0. The first kappa shape index (κ1) is 83.4. The number of hydroxylamine groups is 4. The number of esters is 1. The molecule has 11 amide bonds. The van der Waals surface area contributed by atoms with Crippen LogP contribution in [0, 0.1) is 40.0 Å². The van der Waals surface area contributed by atoms with E-state index in [0.717, 1.165) is 22.3 Å². The van der Waals surface area contributed by atoms with Crippen LogP contribution in [0.25, 0.3) is 11.6 Å². The van der Waals surface area contributed by atoms with Crippen LogP contribution >= 0.6 is 0 Å². The Morgan fingerprint density at radius 2 is 1.03 bits per heavy atom. The molecule has 1 aromatic rings. The van der Waals surface area contributed by atoms with E-state index in [-0.39, 0.29) is 85.4 Å². The third-order valence-electron chi connectivity index (χ3n) is 19.0. The van der Waals surface area contributed by atoms with Gasteiger partial charge in [-0.15, -0.1) is 0 Å². The summed E-state index contributed by atoms with van der Waals surface area (Å²) in [6, 6.07) is 3.30. The lowest BCUT2D eigenvalue weighted by molar-refractivity contribution is -0.956. The molecule has 0 spiro atoms. The molecule has 0 aromatic heterocycles. The van der Waals surface area contributed by atoms with Gasteiger partial charge >= 0.3 is 12.1 Å². The zero-order valence-corrected chi connectivity index (χ0v) is 62.5. The Morgan fingerprint density at radius 1 is 0.574 bits per heavy atom. The first-order chi connectivity index (χ1) is 46.7. The predicted octanol–water partition coefficient (Wildman–Crippen LogP) is 1.10. The van der Waals surface area contributed by atoms with E-state index in [1.54, 1.807) is 90.0 Å². The number of carbonyl (C=O) groups excluding carboxylic acids is 12. The Labute approximate surface area is 594 Å². The van der Waals surface area contributed by atoms with Crippen molar-refractivity contribution in [2.24, 2.45) is 29.6 Å². The Bertz CT molecular complexity index is 3320. The standard InChI is InChI=1S/C72H113N13O16/c1-20-44(8)57(60(92)79-52(30-43(6)7)61(93)100-19)80-56(89)35-76-63(95)71(37-66(9,10)84(98)67(11,12)38-71)82-59(91)51(29-42(4)5)78-54(87)33-73-53(86)32-74-62(94)70(17,18)81-58(90)50(28-41(2)3)77-55(88)34-75-64(96)72(39-68(13,14)85(99)69(15,16)40-72)83-65(97)101-36-46-25-23-27-48-47-26-22-21-24-45(47)31-49(46)48/h21-27,31,41-44,46,50-52,57,84-85H,20,28-30,32-40H2,1-19H3,(H,73,86)(H,74,94)(H,75,96)(H,76,95)(H,77,88)(H,78,87)(H,79,92)(H,80,89)(H,81,90)(H,82,91)(H,83,97)/t44-,46?,50-,51-,52-,57-/m0/s1. The SMILES string of the molecule is CC[C@H](C)[C@H](NC(=O)CNC(=O)C1(NC(=O)[C@H](CC(C)C)NC(=O)CNC(=O)CNC(=O)C(C)(C)NC(=O)[C@H](CC(C)C)NC(=O)CNC(=O)C2(NC(=O)OCC3C=CC=C4C3=Cc3ccccc34)CC(C)(C)[NH+]([O-])C(C)(C)C2)CC(C)(C)[NH+]([O-])C(C)(C)C1)C(=O)N[C@@H](CC(C)C)C(=O)OC. The van der Waals surface area contributed by atoms with E-state index >= 15 is 0 Å². The minimum absolute atomic E-state index is 0.0106. The Kier molecular flexibility index (Phi) is 28.2. The topological polar surface area (TPSA) is 411 Å². The maximum absolute atomic E-state index is 14.6. The second kappa shape index (κ2) is 34.1. The number of piperidine rings is 2. The van der Waals surface area contributed by atoms with Crippen molar-refractivity contribution >= 4 is 82.8 Å². The van der Waals surface area contributed by atoms with Crippen LogP contribution in [0.5, 0.6) is 0 Å². The highest BCUT2D eigenvalue weighted by atomic mass is 16.6. The number of amides is 11. The monoisotopic (exact) mass is 1420 g/mol. The molecule has 2 aliphatic carbocycles. The van der Waals surface area contributed by atoms with Gasteiger partial charge in [0.25, 0.3) is 0 Å². The molecule has 13 N–H and O–H groups in total. The largest absolute Gasteiger partial charge is 0.634 e. The van der Waals surface area contributed by atoms with E-state index in [0.29, 0.717) is 6.42 Å². The summed E-state index contributed by atoms with van der Waals surface area (Å²) in [6.45, 7) is 27.8. The molecule has 6 atom stereocenters. The molecule has 2 fully saturated rings. The summed E-state index contributed by atoms with van der Waals surface area (Å²) in [6.07, 6.45) is 7.22. The fraction of sp³-hybridized carbons (Fsp3) is 0.667. The highest BCUT2D eigenvalue weighted by Gasteiger charge is 2.59. The molecule has 5 rings (SSSR count). The number of ether oxygens (including phenoxy) is 2. The summed E-state index contributed by atoms with van der Waals surface area (Å²) < 4.78 is 10.7. The molecule has 2 aliphatic heterocycles. The van der Waals surface area contributed by atoms with Crippen LogP contribution in [-0.2, 0) is 62.2 Å². The number of carbonyl (C=O) groups is 12. The average Bonchev–Trinajstić information content (AvgIpc) is 1.16. The van der Waals surface area contributed by atoms with Gasteiger partial charge in [-0.3, -0.25) is 47.9 Å². The van der Waals surface area contributed by atoms with Crippen LogP contribution in [-0.4, -0.2) is 174 Å². The van der Waals surface area contributed by atoms with Crippen LogP contribution in [0.3, 0.4) is 0 Å².